The highest BCUT2D eigenvalue weighted by molar-refractivity contribution is 7.89. The molecule has 27 heavy (non-hydrogen) atoms. The van der Waals surface area contributed by atoms with E-state index < -0.39 is 33.2 Å². The van der Waals surface area contributed by atoms with Gasteiger partial charge in [-0.1, -0.05) is 17.3 Å². The number of aromatic nitrogens is 1. The van der Waals surface area contributed by atoms with Crippen LogP contribution in [0.15, 0.2) is 45.8 Å². The molecule has 0 fully saturated rings. The lowest BCUT2D eigenvalue weighted by atomic mass is 9.98. The number of rotatable bonds is 4. The summed E-state index contributed by atoms with van der Waals surface area (Å²) in [6.07, 6.45) is 0. The molecule has 0 spiro atoms. The van der Waals surface area contributed by atoms with E-state index in [0.717, 1.165) is 12.1 Å². The molecular formula is C17H11F2N3O4S. The molecule has 1 aromatic heterocycles. The predicted molar refractivity (Wildman–Crippen MR) is 89.3 cm³/mol. The number of benzene rings is 2. The number of aliphatic hydroxyl groups is 1. The van der Waals surface area contributed by atoms with Gasteiger partial charge in [0.25, 0.3) is 0 Å². The fourth-order valence-electron chi connectivity index (χ4n) is 2.61. The van der Waals surface area contributed by atoms with Gasteiger partial charge < -0.3 is 9.63 Å². The quantitative estimate of drug-likeness (QED) is 0.702. The van der Waals surface area contributed by atoms with Crippen molar-refractivity contribution in [2.45, 2.75) is 11.5 Å². The first kappa shape index (κ1) is 18.7. The van der Waals surface area contributed by atoms with E-state index in [1.807, 2.05) is 6.07 Å². The second kappa shape index (κ2) is 6.88. The molecule has 3 aromatic rings. The Morgan fingerprint density at radius 1 is 1.15 bits per heavy atom. The zero-order chi connectivity index (χ0) is 19.8. The van der Waals surface area contributed by atoms with Crippen molar-refractivity contribution in [3.63, 3.8) is 0 Å². The van der Waals surface area contributed by atoms with E-state index in [1.165, 1.54) is 12.1 Å². The average Bonchev–Trinajstić information content (AvgIpc) is 3.04. The number of hydrogen-bond donors (Lipinski definition) is 2. The van der Waals surface area contributed by atoms with Crippen LogP contribution in [-0.4, -0.2) is 18.7 Å². The Morgan fingerprint density at radius 3 is 2.22 bits per heavy atom. The minimum absolute atomic E-state index is 0.0727. The molecule has 1 heterocycles. The Hall–Kier alpha value is -3.13. The summed E-state index contributed by atoms with van der Waals surface area (Å²) < 4.78 is 56.2. The van der Waals surface area contributed by atoms with E-state index in [-0.39, 0.29) is 22.6 Å². The molecule has 3 rings (SSSR count). The molecule has 138 valence electrons. The number of nitrogens with two attached hydrogens (primary N) is 1. The predicted octanol–water partition coefficient (Wildman–Crippen LogP) is 2.30. The first-order valence-electron chi connectivity index (χ1n) is 7.38. The summed E-state index contributed by atoms with van der Waals surface area (Å²) >= 11 is 0. The number of nitriles is 1. The monoisotopic (exact) mass is 391 g/mol. The van der Waals surface area contributed by atoms with E-state index in [4.69, 9.17) is 14.9 Å². The summed E-state index contributed by atoms with van der Waals surface area (Å²) in [5.74, 6) is -2.84. The van der Waals surface area contributed by atoms with Gasteiger partial charge in [-0.2, -0.15) is 5.26 Å². The van der Waals surface area contributed by atoms with Crippen molar-refractivity contribution in [1.82, 2.24) is 5.16 Å². The standard InChI is InChI=1S/C17H11F2N3O4S/c18-12-5-11(6-13(19)17(12)27(21,24)25)15-14(8-23)26-22-16(15)10-3-1-9(7-20)2-4-10/h1-6,23H,8H2,(H2,21,24,25). The molecule has 0 aliphatic heterocycles. The van der Waals surface area contributed by atoms with Crippen LogP contribution in [0.2, 0.25) is 0 Å². The first-order chi connectivity index (χ1) is 12.8. The zero-order valence-corrected chi connectivity index (χ0v) is 14.3. The topological polar surface area (TPSA) is 130 Å². The molecule has 10 heteroatoms. The van der Waals surface area contributed by atoms with Crippen LogP contribution in [0.25, 0.3) is 22.4 Å². The summed E-state index contributed by atoms with van der Waals surface area (Å²) in [5, 5.41) is 27.0. The molecule has 0 aliphatic carbocycles. The number of hydrogen-bond acceptors (Lipinski definition) is 6. The van der Waals surface area contributed by atoms with Crippen LogP contribution in [0.1, 0.15) is 11.3 Å². The number of sulfonamides is 1. The van der Waals surface area contributed by atoms with Crippen molar-refractivity contribution < 1.29 is 26.8 Å². The summed E-state index contributed by atoms with van der Waals surface area (Å²) in [4.78, 5) is -1.26. The number of halogens is 2. The van der Waals surface area contributed by atoms with Gasteiger partial charge in [0.15, 0.2) is 10.7 Å². The van der Waals surface area contributed by atoms with Crippen LogP contribution in [-0.2, 0) is 16.6 Å². The van der Waals surface area contributed by atoms with Crippen molar-refractivity contribution in [3.8, 4) is 28.5 Å². The Kier molecular flexibility index (Phi) is 4.75. The van der Waals surface area contributed by atoms with Crippen LogP contribution < -0.4 is 5.14 Å². The minimum Gasteiger partial charge on any atom is -0.388 e. The summed E-state index contributed by atoms with van der Waals surface area (Å²) in [5.41, 5.74) is 0.998. The fraction of sp³-hybridized carbons (Fsp3) is 0.0588. The third-order valence-corrected chi connectivity index (χ3v) is 4.72. The third-order valence-electron chi connectivity index (χ3n) is 3.77. The largest absolute Gasteiger partial charge is 0.388 e. The lowest BCUT2D eigenvalue weighted by Gasteiger charge is -2.08. The van der Waals surface area contributed by atoms with E-state index in [9.17, 15) is 22.3 Å². The number of primary sulfonamides is 1. The number of aliphatic hydroxyl groups excluding tert-OH is 1. The maximum Gasteiger partial charge on any atom is 0.243 e. The van der Waals surface area contributed by atoms with Crippen molar-refractivity contribution >= 4 is 10.0 Å². The van der Waals surface area contributed by atoms with Gasteiger partial charge in [-0.15, -0.1) is 0 Å². The maximum absolute atomic E-state index is 14.2. The lowest BCUT2D eigenvalue weighted by molar-refractivity contribution is 0.230. The second-order valence-corrected chi connectivity index (χ2v) is 6.99. The Labute approximate surface area is 152 Å². The molecule has 0 bridgehead atoms. The summed E-state index contributed by atoms with van der Waals surface area (Å²) in [6, 6.07) is 9.60. The molecule has 0 amide bonds. The summed E-state index contributed by atoms with van der Waals surface area (Å²) in [6.45, 7) is -0.612. The molecule has 0 atom stereocenters. The molecule has 2 aromatic carbocycles. The Balaban J connectivity index is 2.23. The summed E-state index contributed by atoms with van der Waals surface area (Å²) in [7, 11) is -4.60. The van der Waals surface area contributed by atoms with Crippen LogP contribution in [0.3, 0.4) is 0 Å². The van der Waals surface area contributed by atoms with Crippen LogP contribution in [0, 0.1) is 23.0 Å². The van der Waals surface area contributed by atoms with E-state index in [2.05, 4.69) is 5.16 Å². The SMILES string of the molecule is N#Cc1ccc(-c2noc(CO)c2-c2cc(F)c(S(N)(=O)=O)c(F)c2)cc1. The Bertz CT molecular complexity index is 1140. The molecule has 0 aliphatic rings. The second-order valence-electron chi connectivity index (χ2n) is 5.49. The maximum atomic E-state index is 14.2. The highest BCUT2D eigenvalue weighted by atomic mass is 32.2. The lowest BCUT2D eigenvalue weighted by Crippen LogP contribution is -2.16. The molecule has 3 N–H and O–H groups in total. The van der Waals surface area contributed by atoms with Crippen molar-refractivity contribution in [1.29, 1.82) is 5.26 Å². The molecule has 7 nitrogen and oxygen atoms in total. The van der Waals surface area contributed by atoms with Gasteiger partial charge in [0.05, 0.1) is 17.2 Å². The smallest absolute Gasteiger partial charge is 0.243 e. The van der Waals surface area contributed by atoms with E-state index in [0.29, 0.717) is 11.1 Å². The van der Waals surface area contributed by atoms with Crippen LogP contribution >= 0.6 is 0 Å². The van der Waals surface area contributed by atoms with E-state index in [1.54, 1.807) is 12.1 Å². The van der Waals surface area contributed by atoms with Gasteiger partial charge in [0, 0.05) is 5.56 Å². The molecule has 0 unspecified atom stereocenters. The molecule has 0 saturated heterocycles. The number of nitrogens with zero attached hydrogens (tertiary/aromatic N) is 2. The van der Waals surface area contributed by atoms with Crippen LogP contribution in [0.5, 0.6) is 0 Å². The van der Waals surface area contributed by atoms with Gasteiger partial charge in [-0.3, -0.25) is 0 Å². The average molecular weight is 391 g/mol. The van der Waals surface area contributed by atoms with E-state index >= 15 is 0 Å². The van der Waals surface area contributed by atoms with Gasteiger partial charge in [-0.05, 0) is 29.8 Å². The van der Waals surface area contributed by atoms with Crippen LogP contribution in [0.4, 0.5) is 8.78 Å². The highest BCUT2D eigenvalue weighted by Crippen LogP contribution is 2.36. The fourth-order valence-corrected chi connectivity index (χ4v) is 3.27. The van der Waals surface area contributed by atoms with Gasteiger partial charge in [0.2, 0.25) is 10.0 Å². The molecular weight excluding hydrogens is 380 g/mol. The van der Waals surface area contributed by atoms with Crippen molar-refractivity contribution in [2.75, 3.05) is 0 Å². The van der Waals surface area contributed by atoms with Crippen molar-refractivity contribution in [3.05, 3.63) is 59.4 Å². The van der Waals surface area contributed by atoms with Gasteiger partial charge in [-0.25, -0.2) is 22.3 Å². The highest BCUT2D eigenvalue weighted by Gasteiger charge is 2.25. The molecule has 0 radical (unpaired) electrons. The Morgan fingerprint density at radius 2 is 1.74 bits per heavy atom. The molecule has 0 saturated carbocycles. The van der Waals surface area contributed by atoms with Gasteiger partial charge >= 0.3 is 0 Å². The third kappa shape index (κ3) is 3.43. The van der Waals surface area contributed by atoms with Crippen molar-refractivity contribution in [2.24, 2.45) is 5.14 Å². The normalized spacial score (nSPS) is 11.4. The van der Waals surface area contributed by atoms with Gasteiger partial charge in [0.1, 0.15) is 23.9 Å². The minimum atomic E-state index is -4.60. The zero-order valence-electron chi connectivity index (χ0n) is 13.5. The first-order valence-corrected chi connectivity index (χ1v) is 8.93.